The zero-order valence-electron chi connectivity index (χ0n) is 14.8. The summed E-state index contributed by atoms with van der Waals surface area (Å²) in [7, 11) is 1.62. The van der Waals surface area contributed by atoms with Gasteiger partial charge >= 0.3 is 0 Å². The van der Waals surface area contributed by atoms with Crippen molar-refractivity contribution in [2.75, 3.05) is 13.7 Å². The molecule has 0 aliphatic heterocycles. The van der Waals surface area contributed by atoms with E-state index in [9.17, 15) is 9.59 Å². The molecule has 0 fully saturated rings. The number of carbonyl (C=O) groups is 1. The van der Waals surface area contributed by atoms with Gasteiger partial charge in [-0.05, 0) is 24.1 Å². The highest BCUT2D eigenvalue weighted by atomic mass is 16.5. The SMILES string of the molecule is CCC(CNC(=O)c1cc(=O)c2ccccc2o1)(OC)c1ccccc1. The Morgan fingerprint density at radius 3 is 2.50 bits per heavy atom. The number of hydrogen-bond donors (Lipinski definition) is 1. The van der Waals surface area contributed by atoms with Crippen LogP contribution in [0.1, 0.15) is 29.5 Å². The van der Waals surface area contributed by atoms with Crippen molar-refractivity contribution in [1.29, 1.82) is 0 Å². The Bertz CT molecular complexity index is 958. The molecule has 1 heterocycles. The Labute approximate surface area is 151 Å². The molecule has 0 aliphatic rings. The molecule has 0 saturated carbocycles. The molecule has 5 heteroatoms. The lowest BCUT2D eigenvalue weighted by Gasteiger charge is -2.32. The second kappa shape index (κ2) is 7.54. The van der Waals surface area contributed by atoms with Gasteiger partial charge in [0, 0.05) is 13.2 Å². The number of amides is 1. The highest BCUT2D eigenvalue weighted by molar-refractivity contribution is 5.93. The molecule has 26 heavy (non-hydrogen) atoms. The van der Waals surface area contributed by atoms with E-state index >= 15 is 0 Å². The molecule has 5 nitrogen and oxygen atoms in total. The summed E-state index contributed by atoms with van der Waals surface area (Å²) >= 11 is 0. The van der Waals surface area contributed by atoms with Crippen LogP contribution in [-0.4, -0.2) is 19.6 Å². The molecule has 1 unspecified atom stereocenters. The average molecular weight is 351 g/mol. The summed E-state index contributed by atoms with van der Waals surface area (Å²) in [5.74, 6) is -0.457. The predicted octanol–water partition coefficient (Wildman–Crippen LogP) is 3.47. The maximum Gasteiger partial charge on any atom is 0.287 e. The van der Waals surface area contributed by atoms with Crippen LogP contribution in [0.2, 0.25) is 0 Å². The molecule has 0 radical (unpaired) electrons. The standard InChI is InChI=1S/C21H21NO4/c1-3-21(25-2,15-9-5-4-6-10-15)14-22-20(24)19-13-17(23)16-11-7-8-12-18(16)26-19/h4-13H,3,14H2,1-2H3,(H,22,24). The van der Waals surface area contributed by atoms with E-state index < -0.39 is 11.5 Å². The topological polar surface area (TPSA) is 68.5 Å². The normalized spacial score (nSPS) is 13.3. The fraction of sp³-hybridized carbons (Fsp3) is 0.238. The van der Waals surface area contributed by atoms with E-state index in [2.05, 4.69) is 5.32 Å². The Morgan fingerprint density at radius 1 is 1.12 bits per heavy atom. The minimum Gasteiger partial charge on any atom is -0.451 e. The number of para-hydroxylation sites is 1. The Hall–Kier alpha value is -2.92. The summed E-state index contributed by atoms with van der Waals surface area (Å²) in [5.41, 5.74) is 0.481. The van der Waals surface area contributed by atoms with E-state index in [0.29, 0.717) is 17.4 Å². The molecular formula is C21H21NO4. The molecule has 0 aliphatic carbocycles. The highest BCUT2D eigenvalue weighted by Crippen LogP contribution is 2.28. The number of hydrogen-bond acceptors (Lipinski definition) is 4. The number of methoxy groups -OCH3 is 1. The average Bonchev–Trinajstić information content (AvgIpc) is 2.70. The molecule has 3 rings (SSSR count). The van der Waals surface area contributed by atoms with Gasteiger partial charge in [-0.2, -0.15) is 0 Å². The third-order valence-electron chi connectivity index (χ3n) is 4.65. The van der Waals surface area contributed by atoms with Crippen molar-refractivity contribution in [3.8, 4) is 0 Å². The first-order valence-electron chi connectivity index (χ1n) is 8.51. The Kier molecular flexibility index (Phi) is 5.19. The van der Waals surface area contributed by atoms with Crippen molar-refractivity contribution in [3.63, 3.8) is 0 Å². The van der Waals surface area contributed by atoms with Gasteiger partial charge in [0.05, 0.1) is 11.9 Å². The van der Waals surface area contributed by atoms with E-state index in [1.54, 1.807) is 31.4 Å². The van der Waals surface area contributed by atoms with Gasteiger partial charge in [-0.25, -0.2) is 0 Å². The van der Waals surface area contributed by atoms with Gasteiger partial charge in [0.15, 0.2) is 11.2 Å². The smallest absolute Gasteiger partial charge is 0.287 e. The number of rotatable bonds is 6. The molecule has 0 saturated heterocycles. The second-order valence-corrected chi connectivity index (χ2v) is 6.07. The molecule has 1 amide bonds. The third-order valence-corrected chi connectivity index (χ3v) is 4.65. The number of fused-ring (bicyclic) bond motifs is 1. The maximum absolute atomic E-state index is 12.6. The van der Waals surface area contributed by atoms with Gasteiger partial charge in [-0.1, -0.05) is 49.4 Å². The molecular weight excluding hydrogens is 330 g/mol. The monoisotopic (exact) mass is 351 g/mol. The lowest BCUT2D eigenvalue weighted by atomic mass is 9.90. The van der Waals surface area contributed by atoms with Crippen LogP contribution >= 0.6 is 0 Å². The van der Waals surface area contributed by atoms with Crippen molar-refractivity contribution in [2.45, 2.75) is 18.9 Å². The van der Waals surface area contributed by atoms with E-state index in [4.69, 9.17) is 9.15 Å². The predicted molar refractivity (Wildman–Crippen MR) is 100 cm³/mol. The van der Waals surface area contributed by atoms with Gasteiger partial charge in [0.2, 0.25) is 0 Å². The quantitative estimate of drug-likeness (QED) is 0.738. The van der Waals surface area contributed by atoms with Gasteiger partial charge in [0.1, 0.15) is 11.2 Å². The molecule has 3 aromatic rings. The lowest BCUT2D eigenvalue weighted by Crippen LogP contribution is -2.42. The van der Waals surface area contributed by atoms with E-state index in [1.165, 1.54) is 6.07 Å². The lowest BCUT2D eigenvalue weighted by molar-refractivity contribution is -0.0165. The number of nitrogens with one attached hydrogen (secondary N) is 1. The summed E-state index contributed by atoms with van der Waals surface area (Å²) in [4.78, 5) is 24.7. The molecule has 2 aromatic carbocycles. The van der Waals surface area contributed by atoms with Crippen LogP contribution in [0.25, 0.3) is 11.0 Å². The molecule has 134 valence electrons. The summed E-state index contributed by atoms with van der Waals surface area (Å²) in [6, 6.07) is 17.8. The van der Waals surface area contributed by atoms with Crippen LogP contribution in [0.4, 0.5) is 0 Å². The first-order chi connectivity index (χ1) is 12.6. The second-order valence-electron chi connectivity index (χ2n) is 6.07. The van der Waals surface area contributed by atoms with Crippen LogP contribution in [0.3, 0.4) is 0 Å². The minimum atomic E-state index is -0.645. The fourth-order valence-corrected chi connectivity index (χ4v) is 3.03. The van der Waals surface area contributed by atoms with Crippen LogP contribution in [0, 0.1) is 0 Å². The largest absolute Gasteiger partial charge is 0.451 e. The Balaban J connectivity index is 1.84. The molecule has 1 aromatic heterocycles. The summed E-state index contributed by atoms with van der Waals surface area (Å²) in [6.45, 7) is 2.26. The van der Waals surface area contributed by atoms with Crippen molar-refractivity contribution >= 4 is 16.9 Å². The zero-order valence-corrected chi connectivity index (χ0v) is 14.8. The third kappa shape index (κ3) is 3.39. The van der Waals surface area contributed by atoms with E-state index in [-0.39, 0.29) is 17.7 Å². The molecule has 0 bridgehead atoms. The maximum atomic E-state index is 12.6. The van der Waals surface area contributed by atoms with Gasteiger partial charge in [-0.15, -0.1) is 0 Å². The fourth-order valence-electron chi connectivity index (χ4n) is 3.03. The van der Waals surface area contributed by atoms with Crippen LogP contribution < -0.4 is 10.7 Å². The van der Waals surface area contributed by atoms with E-state index in [0.717, 1.165) is 5.56 Å². The number of benzene rings is 2. The van der Waals surface area contributed by atoms with E-state index in [1.807, 2.05) is 37.3 Å². The zero-order chi connectivity index (χ0) is 18.6. The van der Waals surface area contributed by atoms with Gasteiger partial charge in [0.25, 0.3) is 5.91 Å². The van der Waals surface area contributed by atoms with Gasteiger partial charge in [-0.3, -0.25) is 9.59 Å². The minimum absolute atomic E-state index is 0.0112. The number of carbonyl (C=O) groups excluding carboxylic acids is 1. The molecule has 0 spiro atoms. The van der Waals surface area contributed by atoms with Crippen LogP contribution in [0.15, 0.2) is 69.9 Å². The summed E-state index contributed by atoms with van der Waals surface area (Å²) in [6.07, 6.45) is 0.676. The highest BCUT2D eigenvalue weighted by Gasteiger charge is 2.31. The van der Waals surface area contributed by atoms with Crippen molar-refractivity contribution in [3.05, 3.63) is 82.2 Å². The van der Waals surface area contributed by atoms with Crippen LogP contribution in [-0.2, 0) is 10.3 Å². The first kappa shape index (κ1) is 17.9. The summed E-state index contributed by atoms with van der Waals surface area (Å²) < 4.78 is 11.3. The van der Waals surface area contributed by atoms with Gasteiger partial charge < -0.3 is 14.5 Å². The van der Waals surface area contributed by atoms with Crippen LogP contribution in [0.5, 0.6) is 0 Å². The molecule has 1 atom stereocenters. The van der Waals surface area contributed by atoms with Crippen molar-refractivity contribution in [1.82, 2.24) is 5.32 Å². The van der Waals surface area contributed by atoms with Crippen molar-refractivity contribution < 1.29 is 13.9 Å². The Morgan fingerprint density at radius 2 is 1.81 bits per heavy atom. The molecule has 1 N–H and O–H groups in total. The van der Waals surface area contributed by atoms with Crippen molar-refractivity contribution in [2.24, 2.45) is 0 Å². The summed E-state index contributed by atoms with van der Waals surface area (Å²) in [5, 5.41) is 3.29. The first-order valence-corrected chi connectivity index (χ1v) is 8.51. The number of ether oxygens (including phenoxy) is 1.